The molecule has 202 valence electrons. The van der Waals surface area contributed by atoms with Crippen molar-refractivity contribution in [3.05, 3.63) is 59.8 Å². The van der Waals surface area contributed by atoms with Crippen LogP contribution in [0.3, 0.4) is 0 Å². The molecule has 0 N–H and O–H groups in total. The van der Waals surface area contributed by atoms with Gasteiger partial charge in [0.05, 0.1) is 0 Å². The number of ether oxygens (including phenoxy) is 1. The fourth-order valence-electron chi connectivity index (χ4n) is 4.16. The smallest absolute Gasteiger partial charge is 0.306 e. The Morgan fingerprint density at radius 2 is 1.61 bits per heavy atom. The molecule has 0 amide bonds. The van der Waals surface area contributed by atoms with Gasteiger partial charge in [-0.15, -0.1) is 0 Å². The molecule has 0 aliphatic heterocycles. The third-order valence-electron chi connectivity index (χ3n) is 6.80. The number of allylic oxidation sites excluding steroid dienone is 8. The molecule has 0 aromatic heterocycles. The van der Waals surface area contributed by atoms with Crippen LogP contribution in [0.2, 0.25) is 0 Å². The first-order valence-corrected chi connectivity index (χ1v) is 14.3. The summed E-state index contributed by atoms with van der Waals surface area (Å²) in [5.41, 5.74) is 1.51. The SMILES string of the molecule is CCCCCC=CCC=CCCCCCCCC(=O)OC1C=C(C)CCC=C(C)C(=O)C=CC1(C)C. The zero-order chi connectivity index (χ0) is 26.7. The molecule has 0 bridgehead atoms. The molecule has 3 heteroatoms. The molecule has 0 saturated heterocycles. The second-order valence-corrected chi connectivity index (χ2v) is 10.8. The van der Waals surface area contributed by atoms with E-state index in [2.05, 4.69) is 44.2 Å². The van der Waals surface area contributed by atoms with E-state index in [1.807, 2.05) is 32.9 Å². The van der Waals surface area contributed by atoms with Crippen molar-refractivity contribution >= 4 is 11.8 Å². The zero-order valence-corrected chi connectivity index (χ0v) is 23.8. The summed E-state index contributed by atoms with van der Waals surface area (Å²) in [4.78, 5) is 24.9. The van der Waals surface area contributed by atoms with Gasteiger partial charge in [0.2, 0.25) is 0 Å². The molecule has 1 aliphatic rings. The van der Waals surface area contributed by atoms with Gasteiger partial charge in [-0.05, 0) is 82.9 Å². The number of hydrogen-bond donors (Lipinski definition) is 0. The van der Waals surface area contributed by atoms with Crippen molar-refractivity contribution in [2.24, 2.45) is 5.41 Å². The zero-order valence-electron chi connectivity index (χ0n) is 23.8. The van der Waals surface area contributed by atoms with Crippen molar-refractivity contribution in [1.82, 2.24) is 0 Å². The largest absolute Gasteiger partial charge is 0.457 e. The third kappa shape index (κ3) is 15.1. The van der Waals surface area contributed by atoms with Crippen molar-refractivity contribution in [1.29, 1.82) is 0 Å². The molecular formula is C33H52O3. The highest BCUT2D eigenvalue weighted by Gasteiger charge is 2.29. The summed E-state index contributed by atoms with van der Waals surface area (Å²) in [7, 11) is 0. The van der Waals surface area contributed by atoms with Gasteiger partial charge < -0.3 is 4.74 Å². The monoisotopic (exact) mass is 496 g/mol. The molecule has 3 nitrogen and oxygen atoms in total. The topological polar surface area (TPSA) is 43.4 Å². The summed E-state index contributed by atoms with van der Waals surface area (Å²) < 4.78 is 5.92. The quantitative estimate of drug-likeness (QED) is 0.129. The van der Waals surface area contributed by atoms with Crippen molar-refractivity contribution < 1.29 is 14.3 Å². The molecule has 36 heavy (non-hydrogen) atoms. The summed E-state index contributed by atoms with van der Waals surface area (Å²) in [5.74, 6) is -0.121. The first-order chi connectivity index (χ1) is 17.3. The fourth-order valence-corrected chi connectivity index (χ4v) is 4.16. The Bertz CT molecular complexity index is 792. The lowest BCUT2D eigenvalue weighted by molar-refractivity contribution is -0.150. The number of hydrogen-bond acceptors (Lipinski definition) is 3. The predicted molar refractivity (Wildman–Crippen MR) is 154 cm³/mol. The number of unbranched alkanes of at least 4 members (excludes halogenated alkanes) is 8. The van der Waals surface area contributed by atoms with E-state index in [0.717, 1.165) is 50.5 Å². The summed E-state index contributed by atoms with van der Waals surface area (Å²) in [6, 6.07) is 0. The average molecular weight is 497 g/mol. The van der Waals surface area contributed by atoms with Crippen LogP contribution in [0.25, 0.3) is 0 Å². The first kappa shape index (κ1) is 31.9. The van der Waals surface area contributed by atoms with Gasteiger partial charge in [-0.3, -0.25) is 9.59 Å². The van der Waals surface area contributed by atoms with E-state index in [0.29, 0.717) is 6.42 Å². The standard InChI is InChI=1S/C33H52O3/c1-6-7-8-9-10-11-12-13-14-15-16-17-18-19-20-24-32(35)36-31-27-28(2)22-21-23-29(3)30(34)25-26-33(31,4)5/h10-11,13-14,23,25-27,31H,6-9,12,15-22,24H2,1-5H3. The fraction of sp³-hybridized carbons (Fsp3) is 0.636. The Labute approximate surface area is 221 Å². The van der Waals surface area contributed by atoms with Crippen LogP contribution in [0, 0.1) is 5.41 Å². The van der Waals surface area contributed by atoms with E-state index in [1.165, 1.54) is 44.1 Å². The van der Waals surface area contributed by atoms with E-state index < -0.39 is 5.41 Å². The first-order valence-electron chi connectivity index (χ1n) is 14.3. The van der Waals surface area contributed by atoms with E-state index in [-0.39, 0.29) is 17.9 Å². The van der Waals surface area contributed by atoms with Crippen LogP contribution in [0.4, 0.5) is 0 Å². The van der Waals surface area contributed by atoms with Gasteiger partial charge in [0.1, 0.15) is 6.10 Å². The van der Waals surface area contributed by atoms with Gasteiger partial charge in [-0.1, -0.05) is 94.9 Å². The lowest BCUT2D eigenvalue weighted by Crippen LogP contribution is -2.31. The van der Waals surface area contributed by atoms with Crippen LogP contribution in [-0.4, -0.2) is 17.9 Å². The number of esters is 1. The Morgan fingerprint density at radius 3 is 2.31 bits per heavy atom. The van der Waals surface area contributed by atoms with Gasteiger partial charge in [-0.2, -0.15) is 0 Å². The van der Waals surface area contributed by atoms with Gasteiger partial charge >= 0.3 is 5.97 Å². The summed E-state index contributed by atoms with van der Waals surface area (Å²) >= 11 is 0. The second kappa shape index (κ2) is 19.0. The van der Waals surface area contributed by atoms with Gasteiger partial charge in [0.15, 0.2) is 5.78 Å². The predicted octanol–water partition coefficient (Wildman–Crippen LogP) is 9.55. The molecule has 1 rings (SSSR count). The van der Waals surface area contributed by atoms with Gasteiger partial charge in [0.25, 0.3) is 0 Å². The molecule has 1 atom stereocenters. The molecule has 0 fully saturated rings. The highest BCUT2D eigenvalue weighted by atomic mass is 16.5. The van der Waals surface area contributed by atoms with E-state index in [1.54, 1.807) is 6.08 Å². The minimum Gasteiger partial charge on any atom is -0.457 e. The highest BCUT2D eigenvalue weighted by Crippen LogP contribution is 2.29. The normalized spacial score (nSPS) is 18.8. The Hall–Kier alpha value is -2.16. The number of carbonyl (C=O) groups is 2. The summed E-state index contributed by atoms with van der Waals surface area (Å²) in [5, 5.41) is 0. The third-order valence-corrected chi connectivity index (χ3v) is 6.80. The molecule has 0 spiro atoms. The van der Waals surface area contributed by atoms with Crippen molar-refractivity contribution in [3.8, 4) is 0 Å². The number of carbonyl (C=O) groups excluding carboxylic acids is 2. The Morgan fingerprint density at radius 1 is 0.972 bits per heavy atom. The van der Waals surface area contributed by atoms with Crippen LogP contribution in [0.5, 0.6) is 0 Å². The average Bonchev–Trinajstić information content (AvgIpc) is 2.85. The molecule has 0 aromatic carbocycles. The maximum absolute atomic E-state index is 12.6. The minimum atomic E-state index is -0.449. The van der Waals surface area contributed by atoms with Crippen molar-refractivity contribution in [3.63, 3.8) is 0 Å². The molecule has 0 heterocycles. The van der Waals surface area contributed by atoms with E-state index in [9.17, 15) is 9.59 Å². The Kier molecular flexibility index (Phi) is 16.8. The molecule has 0 aromatic rings. The number of ketones is 1. The Balaban J connectivity index is 2.31. The summed E-state index contributed by atoms with van der Waals surface area (Å²) in [6.07, 6.45) is 31.3. The van der Waals surface area contributed by atoms with E-state index in [4.69, 9.17) is 4.74 Å². The maximum atomic E-state index is 12.6. The molecule has 0 saturated carbocycles. The van der Waals surface area contributed by atoms with E-state index >= 15 is 0 Å². The lowest BCUT2D eigenvalue weighted by atomic mass is 9.84. The molecule has 1 aliphatic carbocycles. The van der Waals surface area contributed by atoms with Crippen LogP contribution in [0.1, 0.15) is 125 Å². The molecule has 1 unspecified atom stereocenters. The van der Waals surface area contributed by atoms with Crippen LogP contribution in [-0.2, 0) is 14.3 Å². The van der Waals surface area contributed by atoms with Crippen LogP contribution >= 0.6 is 0 Å². The number of rotatable bonds is 15. The van der Waals surface area contributed by atoms with Crippen LogP contribution in [0.15, 0.2) is 59.8 Å². The van der Waals surface area contributed by atoms with Crippen LogP contribution < -0.4 is 0 Å². The van der Waals surface area contributed by atoms with Crippen molar-refractivity contribution in [2.75, 3.05) is 0 Å². The van der Waals surface area contributed by atoms with Crippen molar-refractivity contribution in [2.45, 2.75) is 131 Å². The van der Waals surface area contributed by atoms with Gasteiger partial charge in [0, 0.05) is 11.8 Å². The lowest BCUT2D eigenvalue weighted by Gasteiger charge is -2.29. The summed E-state index contributed by atoms with van der Waals surface area (Å²) in [6.45, 7) is 10.2. The molecule has 0 radical (unpaired) electrons. The maximum Gasteiger partial charge on any atom is 0.306 e. The molecular weight excluding hydrogens is 444 g/mol. The second-order valence-electron chi connectivity index (χ2n) is 10.8. The minimum absolute atomic E-state index is 0.0258. The van der Waals surface area contributed by atoms with Gasteiger partial charge in [-0.25, -0.2) is 0 Å². The highest BCUT2D eigenvalue weighted by molar-refractivity contribution is 6.03.